The summed E-state index contributed by atoms with van der Waals surface area (Å²) in [6, 6.07) is -0.895. The molecule has 10 heteroatoms. The van der Waals surface area contributed by atoms with Crippen LogP contribution in [0.3, 0.4) is 0 Å². The maximum Gasteiger partial charge on any atom is 0.329 e. The minimum Gasteiger partial charge on any atom is -0.461 e. The van der Waals surface area contributed by atoms with E-state index in [2.05, 4.69) is 12.6 Å². The van der Waals surface area contributed by atoms with Crippen LogP contribution in [0.1, 0.15) is 71.6 Å². The maximum atomic E-state index is 13.2. The van der Waals surface area contributed by atoms with Gasteiger partial charge in [0.15, 0.2) is 0 Å². The number of nitrogens with zero attached hydrogens (tertiary/aromatic N) is 1. The molecule has 4 fully saturated rings. The lowest BCUT2D eigenvalue weighted by atomic mass is 9.78. The number of aliphatic hydroxyl groups excluding tert-OH is 2. The van der Waals surface area contributed by atoms with Crippen LogP contribution < -0.4 is 0 Å². The predicted octanol–water partition coefficient (Wildman–Crippen LogP) is 1.42. The number of thiol groups is 1. The van der Waals surface area contributed by atoms with Crippen molar-refractivity contribution in [3.63, 3.8) is 0 Å². The van der Waals surface area contributed by atoms with Gasteiger partial charge < -0.3 is 29.7 Å². The number of ketones is 1. The van der Waals surface area contributed by atoms with Crippen molar-refractivity contribution in [2.75, 3.05) is 6.54 Å². The van der Waals surface area contributed by atoms with Crippen molar-refractivity contribution in [3.05, 3.63) is 0 Å². The summed E-state index contributed by atoms with van der Waals surface area (Å²) in [5.41, 5.74) is -0.648. The van der Waals surface area contributed by atoms with Crippen molar-refractivity contribution in [2.45, 2.75) is 107 Å². The smallest absolute Gasteiger partial charge is 0.329 e. The third kappa shape index (κ3) is 5.28. The van der Waals surface area contributed by atoms with Crippen LogP contribution in [0.15, 0.2) is 0 Å². The Hall–Kier alpha value is -1.20. The summed E-state index contributed by atoms with van der Waals surface area (Å²) in [6.45, 7) is 3.71. The van der Waals surface area contributed by atoms with Crippen LogP contribution in [-0.2, 0) is 23.9 Å². The molecule has 2 saturated carbocycles. The lowest BCUT2D eigenvalue weighted by Gasteiger charge is -2.41. The minimum absolute atomic E-state index is 0.00386. The Kier molecular flexibility index (Phi) is 8.17. The number of carbonyl (C=O) groups is 3. The molecule has 0 bridgehead atoms. The molecular weight excluding hydrogens is 474 g/mol. The van der Waals surface area contributed by atoms with Gasteiger partial charge in [0.05, 0.1) is 12.2 Å². The number of amides is 1. The Bertz CT molecular complexity index is 825. The van der Waals surface area contributed by atoms with E-state index in [4.69, 9.17) is 9.47 Å². The number of hydrogen-bond acceptors (Lipinski definition) is 9. The van der Waals surface area contributed by atoms with Gasteiger partial charge in [-0.3, -0.25) is 9.59 Å². The third-order valence-corrected chi connectivity index (χ3v) is 9.17. The molecule has 2 heterocycles. The third-order valence-electron chi connectivity index (χ3n) is 8.80. The number of Topliss-reactive ketones (excluding diaryl/α,β-unsaturated/α-hetero) is 1. The second-order valence-corrected chi connectivity index (χ2v) is 11.6. The fourth-order valence-corrected chi connectivity index (χ4v) is 6.80. The molecule has 3 N–H and O–H groups in total. The van der Waals surface area contributed by atoms with E-state index in [1.54, 1.807) is 6.92 Å². The normalized spacial score (nSPS) is 42.7. The fraction of sp³-hybridized carbons (Fsp3) is 0.880. The first-order valence-electron chi connectivity index (χ1n) is 13.0. The highest BCUT2D eigenvalue weighted by atomic mass is 32.1. The Morgan fingerprint density at radius 2 is 1.83 bits per heavy atom. The summed E-state index contributed by atoms with van der Waals surface area (Å²) in [5.74, 6) is -5.01. The van der Waals surface area contributed by atoms with Crippen LogP contribution in [0.5, 0.6) is 0 Å². The van der Waals surface area contributed by atoms with Gasteiger partial charge in [-0.25, -0.2) is 4.79 Å². The van der Waals surface area contributed by atoms with Crippen molar-refractivity contribution in [3.8, 4) is 0 Å². The summed E-state index contributed by atoms with van der Waals surface area (Å²) in [5, 5.41) is 31.3. The van der Waals surface area contributed by atoms with Crippen LogP contribution >= 0.6 is 12.6 Å². The number of fused-ring (bicyclic) bond motifs is 1. The lowest BCUT2D eigenvalue weighted by Crippen LogP contribution is -2.60. The van der Waals surface area contributed by atoms with Gasteiger partial charge in [0.2, 0.25) is 5.79 Å². The van der Waals surface area contributed by atoms with Crippen LogP contribution in [0.2, 0.25) is 0 Å². The van der Waals surface area contributed by atoms with Crippen LogP contribution in [-0.4, -0.2) is 80.0 Å². The van der Waals surface area contributed by atoms with E-state index in [1.165, 1.54) is 4.90 Å². The zero-order valence-electron chi connectivity index (χ0n) is 20.5. The summed E-state index contributed by atoms with van der Waals surface area (Å²) >= 11 is 4.21. The maximum absolute atomic E-state index is 13.2. The molecule has 0 aromatic carbocycles. The number of rotatable bonds is 5. The van der Waals surface area contributed by atoms with E-state index in [1.807, 2.05) is 6.92 Å². The van der Waals surface area contributed by atoms with E-state index in [0.29, 0.717) is 44.4 Å². The number of carbonyl (C=O) groups excluding carboxylic acids is 3. The number of aliphatic hydroxyl groups is 3. The van der Waals surface area contributed by atoms with E-state index in [9.17, 15) is 29.7 Å². The standard InChI is InChI=1S/C25H39NO8S/c1-13-6-9-20(35)34-25(13,32)22(29)23(30)26-10-4-3-5-18(26)24(31)33-14(2)16-11-15-7-8-19(27)21(28)17(15)12-16/h13-21,27-28,32,35H,3-12H2,1-2H3. The molecule has 0 spiro atoms. The molecule has 2 aliphatic carbocycles. The highest BCUT2D eigenvalue weighted by Gasteiger charge is 2.52. The van der Waals surface area contributed by atoms with Crippen molar-refractivity contribution in [1.82, 2.24) is 4.90 Å². The minimum atomic E-state index is -2.26. The Labute approximate surface area is 211 Å². The van der Waals surface area contributed by atoms with Gasteiger partial charge in [-0.05, 0) is 82.5 Å². The molecule has 1 amide bonds. The van der Waals surface area contributed by atoms with E-state index in [0.717, 1.165) is 19.3 Å². The van der Waals surface area contributed by atoms with Crippen molar-refractivity contribution < 1.29 is 39.2 Å². The Morgan fingerprint density at radius 1 is 1.09 bits per heavy atom. The summed E-state index contributed by atoms with van der Waals surface area (Å²) in [6.07, 6.45) is 3.88. The Balaban J connectivity index is 1.40. The van der Waals surface area contributed by atoms with Gasteiger partial charge in [-0.15, -0.1) is 12.6 Å². The molecule has 0 aromatic rings. The molecule has 198 valence electrons. The van der Waals surface area contributed by atoms with Crippen LogP contribution in [0.4, 0.5) is 0 Å². The van der Waals surface area contributed by atoms with Gasteiger partial charge in [0, 0.05) is 12.5 Å². The second-order valence-electron chi connectivity index (χ2n) is 11.0. The average molecular weight is 514 g/mol. The molecule has 4 rings (SSSR count). The van der Waals surface area contributed by atoms with Crippen molar-refractivity contribution in [1.29, 1.82) is 0 Å². The Morgan fingerprint density at radius 3 is 2.57 bits per heavy atom. The fourth-order valence-electron chi connectivity index (χ4n) is 6.49. The van der Waals surface area contributed by atoms with E-state index < -0.39 is 59.2 Å². The quantitative estimate of drug-likeness (QED) is 0.246. The topological polar surface area (TPSA) is 134 Å². The average Bonchev–Trinajstić information content (AvgIpc) is 3.28. The molecule has 10 atom stereocenters. The van der Waals surface area contributed by atoms with E-state index >= 15 is 0 Å². The van der Waals surface area contributed by atoms with Gasteiger partial charge in [-0.2, -0.15) is 0 Å². The van der Waals surface area contributed by atoms with Crippen LogP contribution in [0, 0.1) is 23.7 Å². The molecule has 0 radical (unpaired) electrons. The number of piperidine rings is 1. The highest BCUT2D eigenvalue weighted by Crippen LogP contribution is 2.47. The van der Waals surface area contributed by atoms with Crippen LogP contribution in [0.25, 0.3) is 0 Å². The van der Waals surface area contributed by atoms with Crippen molar-refractivity contribution in [2.24, 2.45) is 23.7 Å². The number of ether oxygens (including phenoxy) is 2. The zero-order valence-corrected chi connectivity index (χ0v) is 21.4. The number of likely N-dealkylation sites (tertiary alicyclic amines) is 1. The second kappa shape index (κ2) is 10.7. The molecule has 2 aliphatic heterocycles. The molecule has 4 aliphatic rings. The zero-order chi connectivity index (χ0) is 25.5. The number of hydrogen-bond donors (Lipinski definition) is 4. The number of esters is 1. The molecule has 0 aromatic heterocycles. The van der Waals surface area contributed by atoms with Gasteiger partial charge in [-0.1, -0.05) is 6.92 Å². The predicted molar refractivity (Wildman–Crippen MR) is 128 cm³/mol. The summed E-state index contributed by atoms with van der Waals surface area (Å²) in [4.78, 5) is 40.7. The first-order chi connectivity index (χ1) is 16.5. The van der Waals surface area contributed by atoms with Gasteiger partial charge in [0.25, 0.3) is 11.7 Å². The monoisotopic (exact) mass is 513 g/mol. The molecular formula is C25H39NO8S. The van der Waals surface area contributed by atoms with Gasteiger partial charge in [0.1, 0.15) is 17.6 Å². The first-order valence-corrected chi connectivity index (χ1v) is 13.5. The molecule has 35 heavy (non-hydrogen) atoms. The SMILES string of the molecule is CC(OC(=O)C1CCCCN1C(=O)C(=O)C1(O)OC(S)CCC1C)C1CC2CCC(O)C(O)C2C1. The molecule has 10 unspecified atom stereocenters. The molecule has 2 saturated heterocycles. The highest BCUT2D eigenvalue weighted by molar-refractivity contribution is 7.80. The summed E-state index contributed by atoms with van der Waals surface area (Å²) < 4.78 is 11.2. The summed E-state index contributed by atoms with van der Waals surface area (Å²) in [7, 11) is 0. The lowest BCUT2D eigenvalue weighted by molar-refractivity contribution is -0.247. The van der Waals surface area contributed by atoms with E-state index in [-0.39, 0.29) is 18.4 Å². The molecule has 9 nitrogen and oxygen atoms in total. The first kappa shape index (κ1) is 26.9. The van der Waals surface area contributed by atoms with Gasteiger partial charge >= 0.3 is 5.97 Å². The largest absolute Gasteiger partial charge is 0.461 e. The van der Waals surface area contributed by atoms with Crippen molar-refractivity contribution >= 4 is 30.3 Å².